The third-order valence-corrected chi connectivity index (χ3v) is 3.42. The van der Waals surface area contributed by atoms with E-state index in [1.807, 2.05) is 0 Å². The molecule has 0 saturated carbocycles. The van der Waals surface area contributed by atoms with Crippen molar-refractivity contribution in [2.75, 3.05) is 6.61 Å². The first-order valence-corrected chi connectivity index (χ1v) is 6.97. The zero-order chi connectivity index (χ0) is 12.1. The summed E-state index contributed by atoms with van der Waals surface area (Å²) in [5, 5.41) is 8.38. The van der Waals surface area contributed by atoms with E-state index >= 15 is 0 Å². The lowest BCUT2D eigenvalue weighted by molar-refractivity contribution is 0.104. The van der Waals surface area contributed by atoms with Crippen LogP contribution in [0.4, 0.5) is 0 Å². The Morgan fingerprint density at radius 1 is 1.41 bits per heavy atom. The highest BCUT2D eigenvalue weighted by Crippen LogP contribution is 2.18. The lowest BCUT2D eigenvalue weighted by Crippen LogP contribution is -2.11. The Balaban J connectivity index is 1.96. The summed E-state index contributed by atoms with van der Waals surface area (Å²) >= 11 is 5.86. The molecule has 17 heavy (non-hydrogen) atoms. The Morgan fingerprint density at radius 3 is 2.88 bits per heavy atom. The van der Waals surface area contributed by atoms with Gasteiger partial charge in [0, 0.05) is 19.6 Å². The van der Waals surface area contributed by atoms with E-state index in [-0.39, 0.29) is 0 Å². The summed E-state index contributed by atoms with van der Waals surface area (Å²) in [4.78, 5) is 0. The number of hydrogen-bond acceptors (Lipinski definition) is 3. The molecule has 0 radical (unpaired) electrons. The van der Waals surface area contributed by atoms with Crippen molar-refractivity contribution in [2.24, 2.45) is 0 Å². The third kappa shape index (κ3) is 3.19. The summed E-state index contributed by atoms with van der Waals surface area (Å²) in [6.07, 6.45) is 5.86. The molecule has 0 amide bonds. The van der Waals surface area contributed by atoms with Gasteiger partial charge in [0.05, 0.1) is 12.0 Å². The van der Waals surface area contributed by atoms with Crippen LogP contribution in [-0.4, -0.2) is 27.5 Å². The van der Waals surface area contributed by atoms with Gasteiger partial charge < -0.3 is 9.30 Å². The summed E-state index contributed by atoms with van der Waals surface area (Å²) in [6.45, 7) is 4.02. The molecule has 2 heterocycles. The Labute approximate surface area is 107 Å². The van der Waals surface area contributed by atoms with Gasteiger partial charge in [-0.05, 0) is 25.7 Å². The van der Waals surface area contributed by atoms with Crippen molar-refractivity contribution in [3.8, 4) is 0 Å². The van der Waals surface area contributed by atoms with E-state index in [1.165, 1.54) is 12.8 Å². The molecule has 1 aromatic rings. The quantitative estimate of drug-likeness (QED) is 0.736. The maximum atomic E-state index is 5.86. The number of halogens is 1. The summed E-state index contributed by atoms with van der Waals surface area (Å²) in [7, 11) is 0. The number of ether oxygens (including phenoxy) is 1. The van der Waals surface area contributed by atoms with Gasteiger partial charge in [-0.1, -0.05) is 6.92 Å². The van der Waals surface area contributed by atoms with Crippen molar-refractivity contribution in [1.82, 2.24) is 14.8 Å². The van der Waals surface area contributed by atoms with Gasteiger partial charge in [-0.3, -0.25) is 0 Å². The maximum Gasteiger partial charge on any atom is 0.147 e. The zero-order valence-electron chi connectivity index (χ0n) is 10.4. The van der Waals surface area contributed by atoms with E-state index < -0.39 is 0 Å². The number of hydrogen-bond donors (Lipinski definition) is 0. The van der Waals surface area contributed by atoms with Crippen molar-refractivity contribution in [3.63, 3.8) is 0 Å². The molecule has 1 aliphatic rings. The molecule has 1 aliphatic heterocycles. The Bertz CT molecular complexity index is 348. The topological polar surface area (TPSA) is 39.9 Å². The molecule has 0 aliphatic carbocycles. The van der Waals surface area contributed by atoms with E-state index in [1.54, 1.807) is 0 Å². The first-order valence-electron chi connectivity index (χ1n) is 6.43. The van der Waals surface area contributed by atoms with Gasteiger partial charge in [-0.15, -0.1) is 21.8 Å². The van der Waals surface area contributed by atoms with Gasteiger partial charge >= 0.3 is 0 Å². The average molecular weight is 258 g/mol. The highest BCUT2D eigenvalue weighted by atomic mass is 35.5. The van der Waals surface area contributed by atoms with Gasteiger partial charge in [0.15, 0.2) is 0 Å². The van der Waals surface area contributed by atoms with Crippen LogP contribution >= 0.6 is 11.6 Å². The fourth-order valence-corrected chi connectivity index (χ4v) is 2.50. The second kappa shape index (κ2) is 6.36. The fraction of sp³-hybridized carbons (Fsp3) is 0.833. The molecule has 1 saturated heterocycles. The third-order valence-electron chi connectivity index (χ3n) is 3.18. The molecule has 0 spiro atoms. The molecular formula is C12H20ClN3O. The Hall–Kier alpha value is -0.610. The number of alkyl halides is 1. The molecule has 96 valence electrons. The Kier molecular flexibility index (Phi) is 4.80. The molecule has 5 heteroatoms. The molecule has 1 fully saturated rings. The summed E-state index contributed by atoms with van der Waals surface area (Å²) in [5.74, 6) is 2.38. The van der Waals surface area contributed by atoms with Crippen LogP contribution in [0.25, 0.3) is 0 Å². The van der Waals surface area contributed by atoms with Crippen molar-refractivity contribution >= 4 is 11.6 Å². The molecule has 1 aromatic heterocycles. The van der Waals surface area contributed by atoms with E-state index in [0.717, 1.165) is 44.1 Å². The van der Waals surface area contributed by atoms with Crippen molar-refractivity contribution in [2.45, 2.75) is 57.6 Å². The predicted molar refractivity (Wildman–Crippen MR) is 67.2 cm³/mol. The second-order valence-electron chi connectivity index (χ2n) is 4.49. The van der Waals surface area contributed by atoms with Gasteiger partial charge in [-0.2, -0.15) is 0 Å². The number of aryl methyl sites for hydroxylation is 1. The minimum absolute atomic E-state index is 0.418. The Morgan fingerprint density at radius 2 is 2.24 bits per heavy atom. The van der Waals surface area contributed by atoms with E-state index in [9.17, 15) is 0 Å². The molecule has 4 nitrogen and oxygen atoms in total. The molecule has 0 bridgehead atoms. The number of rotatable bonds is 6. The molecular weight excluding hydrogens is 238 g/mol. The minimum atomic E-state index is 0.418. The van der Waals surface area contributed by atoms with Crippen molar-refractivity contribution < 1.29 is 4.74 Å². The largest absolute Gasteiger partial charge is 0.378 e. The van der Waals surface area contributed by atoms with Gasteiger partial charge in [0.2, 0.25) is 0 Å². The first-order chi connectivity index (χ1) is 8.35. The highest BCUT2D eigenvalue weighted by molar-refractivity contribution is 6.16. The van der Waals surface area contributed by atoms with Crippen LogP contribution in [0.15, 0.2) is 0 Å². The van der Waals surface area contributed by atoms with Crippen LogP contribution < -0.4 is 0 Å². The predicted octanol–water partition coefficient (Wildman–Crippen LogP) is 2.54. The summed E-state index contributed by atoms with van der Waals surface area (Å²) in [6, 6.07) is 0. The first kappa shape index (κ1) is 12.8. The van der Waals surface area contributed by atoms with Crippen LogP contribution in [0.1, 0.15) is 44.3 Å². The lowest BCUT2D eigenvalue weighted by atomic mass is 10.1. The zero-order valence-corrected chi connectivity index (χ0v) is 11.1. The van der Waals surface area contributed by atoms with E-state index in [4.69, 9.17) is 16.3 Å². The molecule has 1 unspecified atom stereocenters. The van der Waals surface area contributed by atoms with Crippen molar-refractivity contribution in [1.29, 1.82) is 0 Å². The number of nitrogens with zero attached hydrogens (tertiary/aromatic N) is 3. The smallest absolute Gasteiger partial charge is 0.147 e. The van der Waals surface area contributed by atoms with Gasteiger partial charge in [-0.25, -0.2) is 0 Å². The van der Waals surface area contributed by atoms with E-state index in [0.29, 0.717) is 12.0 Å². The van der Waals surface area contributed by atoms with E-state index in [2.05, 4.69) is 21.7 Å². The maximum absolute atomic E-state index is 5.86. The molecule has 0 N–H and O–H groups in total. The monoisotopic (exact) mass is 257 g/mol. The normalized spacial score (nSPS) is 20.0. The molecule has 2 rings (SSSR count). The van der Waals surface area contributed by atoms with Crippen molar-refractivity contribution in [3.05, 3.63) is 11.6 Å². The standard InChI is InChI=1S/C12H20ClN3O/c1-2-7-16-11(14-15-12(16)9-13)6-5-10-4-3-8-17-10/h10H,2-9H2,1H3. The van der Waals surface area contributed by atoms with Gasteiger partial charge in [0.1, 0.15) is 11.6 Å². The fourth-order valence-electron chi connectivity index (χ4n) is 2.30. The summed E-state index contributed by atoms with van der Waals surface area (Å²) < 4.78 is 7.78. The number of aromatic nitrogens is 3. The molecule has 1 atom stereocenters. The second-order valence-corrected chi connectivity index (χ2v) is 4.76. The minimum Gasteiger partial charge on any atom is -0.378 e. The van der Waals surface area contributed by atoms with Crippen LogP contribution in [0.5, 0.6) is 0 Å². The lowest BCUT2D eigenvalue weighted by Gasteiger charge is -2.10. The van der Waals surface area contributed by atoms with Crippen LogP contribution in [0.2, 0.25) is 0 Å². The van der Waals surface area contributed by atoms with Crippen LogP contribution in [-0.2, 0) is 23.6 Å². The highest BCUT2D eigenvalue weighted by Gasteiger charge is 2.17. The SMILES string of the molecule is CCCn1c(CCl)nnc1CCC1CCCO1. The van der Waals surface area contributed by atoms with Crippen LogP contribution in [0, 0.1) is 0 Å². The average Bonchev–Trinajstić information content (AvgIpc) is 2.96. The summed E-state index contributed by atoms with van der Waals surface area (Å²) in [5.41, 5.74) is 0. The van der Waals surface area contributed by atoms with Crippen LogP contribution in [0.3, 0.4) is 0 Å². The molecule has 0 aromatic carbocycles. The van der Waals surface area contributed by atoms with Gasteiger partial charge in [0.25, 0.3) is 0 Å².